The number of nitrogens with zero attached hydrogens (tertiary/aromatic N) is 1. The molecule has 0 radical (unpaired) electrons. The van der Waals surface area contributed by atoms with Gasteiger partial charge < -0.3 is 15.0 Å². The molecular weight excluding hydrogens is 338 g/mol. The maximum atomic E-state index is 14.3. The molecule has 1 unspecified atom stereocenters. The number of carbonyl (C=O) groups excluding carboxylic acids is 1. The highest BCUT2D eigenvalue weighted by molar-refractivity contribution is 5.85. The molecule has 0 aromatic heterocycles. The largest absolute Gasteiger partial charge is 0.494 e. The van der Waals surface area contributed by atoms with Crippen molar-refractivity contribution in [1.29, 1.82) is 0 Å². The summed E-state index contributed by atoms with van der Waals surface area (Å²) in [4.78, 5) is 13.1. The van der Waals surface area contributed by atoms with Crippen LogP contribution >= 0.6 is 12.4 Å². The Bertz CT molecular complexity index is 513. The van der Waals surface area contributed by atoms with E-state index in [9.17, 15) is 13.6 Å². The SMILES string of the molecule is CCCCOc1cccc(C(F)(F)CNC(C)C(=O)N(C)C)c1.Cl. The number of ether oxygens (including phenoxy) is 1. The van der Waals surface area contributed by atoms with E-state index in [4.69, 9.17) is 4.74 Å². The molecule has 0 saturated heterocycles. The zero-order chi connectivity index (χ0) is 17.5. The molecule has 1 rings (SSSR count). The van der Waals surface area contributed by atoms with Crippen molar-refractivity contribution in [2.75, 3.05) is 27.2 Å². The van der Waals surface area contributed by atoms with E-state index in [0.29, 0.717) is 12.4 Å². The molecule has 7 heteroatoms. The summed E-state index contributed by atoms with van der Waals surface area (Å²) >= 11 is 0. The van der Waals surface area contributed by atoms with Crippen molar-refractivity contribution in [1.82, 2.24) is 10.2 Å². The van der Waals surface area contributed by atoms with Gasteiger partial charge in [0.1, 0.15) is 5.75 Å². The van der Waals surface area contributed by atoms with E-state index < -0.39 is 18.5 Å². The molecule has 0 heterocycles. The van der Waals surface area contributed by atoms with E-state index in [1.165, 1.54) is 17.0 Å². The fourth-order valence-electron chi connectivity index (χ4n) is 2.01. The third-order valence-electron chi connectivity index (χ3n) is 3.46. The van der Waals surface area contributed by atoms with E-state index in [-0.39, 0.29) is 23.9 Å². The molecule has 1 aromatic carbocycles. The Morgan fingerprint density at radius 3 is 2.62 bits per heavy atom. The van der Waals surface area contributed by atoms with Crippen LogP contribution in [0.4, 0.5) is 8.78 Å². The van der Waals surface area contributed by atoms with Crippen molar-refractivity contribution >= 4 is 18.3 Å². The number of alkyl halides is 2. The van der Waals surface area contributed by atoms with Crippen LogP contribution in [0.1, 0.15) is 32.3 Å². The van der Waals surface area contributed by atoms with Crippen LogP contribution in [0.25, 0.3) is 0 Å². The maximum Gasteiger partial charge on any atom is 0.285 e. The molecule has 1 N–H and O–H groups in total. The van der Waals surface area contributed by atoms with Gasteiger partial charge in [0, 0.05) is 19.7 Å². The van der Waals surface area contributed by atoms with Crippen molar-refractivity contribution in [3.63, 3.8) is 0 Å². The first kappa shape index (κ1) is 22.6. The predicted octanol–water partition coefficient (Wildman–Crippen LogP) is 3.45. The van der Waals surface area contributed by atoms with Crippen LogP contribution in [0, 0.1) is 0 Å². The van der Waals surface area contributed by atoms with Gasteiger partial charge in [-0.15, -0.1) is 12.4 Å². The number of likely N-dealkylation sites (N-methyl/N-ethyl adjacent to an activating group) is 1. The molecule has 0 bridgehead atoms. The van der Waals surface area contributed by atoms with Gasteiger partial charge in [-0.3, -0.25) is 4.79 Å². The predicted molar refractivity (Wildman–Crippen MR) is 94.1 cm³/mol. The lowest BCUT2D eigenvalue weighted by Gasteiger charge is -2.22. The molecule has 0 aliphatic heterocycles. The third-order valence-corrected chi connectivity index (χ3v) is 3.46. The minimum absolute atomic E-state index is 0. The monoisotopic (exact) mass is 364 g/mol. The second kappa shape index (κ2) is 10.5. The van der Waals surface area contributed by atoms with E-state index in [1.807, 2.05) is 6.92 Å². The Morgan fingerprint density at radius 1 is 1.38 bits per heavy atom. The number of nitrogens with one attached hydrogen (secondary N) is 1. The van der Waals surface area contributed by atoms with Crippen molar-refractivity contribution in [2.24, 2.45) is 0 Å². The summed E-state index contributed by atoms with van der Waals surface area (Å²) in [5, 5.41) is 2.59. The number of amides is 1. The molecule has 0 saturated carbocycles. The van der Waals surface area contributed by atoms with Crippen LogP contribution in [0.5, 0.6) is 5.75 Å². The molecular formula is C17H27ClF2N2O2. The first-order valence-electron chi connectivity index (χ1n) is 7.83. The third kappa shape index (κ3) is 7.01. The maximum absolute atomic E-state index is 14.3. The van der Waals surface area contributed by atoms with E-state index >= 15 is 0 Å². The molecule has 1 aromatic rings. The quantitative estimate of drug-likeness (QED) is 0.682. The van der Waals surface area contributed by atoms with E-state index in [1.54, 1.807) is 33.2 Å². The highest BCUT2D eigenvalue weighted by atomic mass is 35.5. The number of hydrogen-bond acceptors (Lipinski definition) is 3. The molecule has 0 aliphatic carbocycles. The first-order chi connectivity index (χ1) is 10.8. The van der Waals surface area contributed by atoms with Crippen LogP contribution < -0.4 is 10.1 Å². The summed E-state index contributed by atoms with van der Waals surface area (Å²) in [5.74, 6) is -2.88. The van der Waals surface area contributed by atoms with Crippen molar-refractivity contribution in [3.8, 4) is 5.75 Å². The van der Waals surface area contributed by atoms with Gasteiger partial charge in [0.25, 0.3) is 5.92 Å². The molecule has 1 atom stereocenters. The highest BCUT2D eigenvalue weighted by Gasteiger charge is 2.33. The normalized spacial score (nSPS) is 12.2. The molecule has 0 spiro atoms. The van der Waals surface area contributed by atoms with Gasteiger partial charge in [-0.2, -0.15) is 8.78 Å². The van der Waals surface area contributed by atoms with Crippen molar-refractivity contribution < 1.29 is 18.3 Å². The number of halogens is 3. The Morgan fingerprint density at radius 2 is 2.04 bits per heavy atom. The van der Waals surface area contributed by atoms with Gasteiger partial charge in [0.2, 0.25) is 5.91 Å². The minimum Gasteiger partial charge on any atom is -0.494 e. The average molecular weight is 365 g/mol. The van der Waals surface area contributed by atoms with Gasteiger partial charge in [0.15, 0.2) is 0 Å². The van der Waals surface area contributed by atoms with Gasteiger partial charge in [-0.25, -0.2) is 0 Å². The number of rotatable bonds is 9. The summed E-state index contributed by atoms with van der Waals surface area (Å²) in [6, 6.07) is 5.28. The van der Waals surface area contributed by atoms with Crippen LogP contribution in [0.15, 0.2) is 24.3 Å². The Balaban J connectivity index is 0.00000529. The zero-order valence-electron chi connectivity index (χ0n) is 14.6. The second-order valence-corrected chi connectivity index (χ2v) is 5.77. The van der Waals surface area contributed by atoms with E-state index in [0.717, 1.165) is 12.8 Å². The topological polar surface area (TPSA) is 41.6 Å². The summed E-state index contributed by atoms with van der Waals surface area (Å²) in [6.07, 6.45) is 1.86. The molecule has 1 amide bonds. The van der Waals surface area contributed by atoms with Crippen LogP contribution in [-0.4, -0.2) is 44.1 Å². The molecule has 4 nitrogen and oxygen atoms in total. The van der Waals surface area contributed by atoms with Crippen molar-refractivity contribution in [3.05, 3.63) is 29.8 Å². The van der Waals surface area contributed by atoms with Crippen molar-refractivity contribution in [2.45, 2.75) is 38.7 Å². The molecule has 24 heavy (non-hydrogen) atoms. The Labute approximate surface area is 149 Å². The lowest BCUT2D eigenvalue weighted by atomic mass is 10.1. The summed E-state index contributed by atoms with van der Waals surface area (Å²) in [7, 11) is 3.19. The summed E-state index contributed by atoms with van der Waals surface area (Å²) in [6.45, 7) is 3.52. The molecule has 138 valence electrons. The average Bonchev–Trinajstić information content (AvgIpc) is 2.52. The van der Waals surface area contributed by atoms with E-state index in [2.05, 4.69) is 5.32 Å². The van der Waals surface area contributed by atoms with Crippen LogP contribution in [0.2, 0.25) is 0 Å². The Kier molecular flexibility index (Phi) is 9.85. The number of hydrogen-bond donors (Lipinski definition) is 1. The first-order valence-corrected chi connectivity index (χ1v) is 7.83. The summed E-state index contributed by atoms with van der Waals surface area (Å²) in [5.41, 5.74) is -0.122. The van der Waals surface area contributed by atoms with Crippen LogP contribution in [-0.2, 0) is 10.7 Å². The second-order valence-electron chi connectivity index (χ2n) is 5.77. The van der Waals surface area contributed by atoms with Crippen LogP contribution in [0.3, 0.4) is 0 Å². The molecule has 0 aliphatic rings. The lowest BCUT2D eigenvalue weighted by molar-refractivity contribution is -0.130. The minimum atomic E-state index is -3.08. The fraction of sp³-hybridized carbons (Fsp3) is 0.588. The number of carbonyl (C=O) groups is 1. The molecule has 0 fully saturated rings. The number of benzene rings is 1. The van der Waals surface area contributed by atoms with Gasteiger partial charge in [0.05, 0.1) is 19.2 Å². The fourth-order valence-corrected chi connectivity index (χ4v) is 2.01. The zero-order valence-corrected chi connectivity index (χ0v) is 15.5. The van der Waals surface area contributed by atoms with Gasteiger partial charge in [-0.05, 0) is 25.5 Å². The summed E-state index contributed by atoms with van der Waals surface area (Å²) < 4.78 is 34.1. The lowest BCUT2D eigenvalue weighted by Crippen LogP contribution is -2.45. The van der Waals surface area contributed by atoms with Gasteiger partial charge in [-0.1, -0.05) is 25.5 Å². The van der Waals surface area contributed by atoms with Gasteiger partial charge >= 0.3 is 0 Å². The Hall–Kier alpha value is -1.40. The highest BCUT2D eigenvalue weighted by Crippen LogP contribution is 2.29. The smallest absolute Gasteiger partial charge is 0.285 e. The number of unbranched alkanes of at least 4 members (excludes halogenated alkanes) is 1. The standard InChI is InChI=1S/C17H26F2N2O2.ClH/c1-5-6-10-23-15-9-7-8-14(11-15)17(18,19)12-20-13(2)16(22)21(3)4;/h7-9,11,13,20H,5-6,10,12H2,1-4H3;1H.